The quantitative estimate of drug-likeness (QED) is 0.713. The molecule has 3 fully saturated rings. The third-order valence-corrected chi connectivity index (χ3v) is 6.53. The van der Waals surface area contributed by atoms with Crippen molar-refractivity contribution < 1.29 is 23.9 Å². The molecule has 1 aromatic carbocycles. The molecule has 2 saturated heterocycles. The van der Waals surface area contributed by atoms with Gasteiger partial charge in [0.15, 0.2) is 0 Å². The Labute approximate surface area is 183 Å². The maximum atomic E-state index is 13.4. The van der Waals surface area contributed by atoms with Crippen LogP contribution in [0.5, 0.6) is 11.5 Å². The molecular formula is C23H31N3O5. The van der Waals surface area contributed by atoms with E-state index in [1.165, 1.54) is 0 Å². The summed E-state index contributed by atoms with van der Waals surface area (Å²) in [6.45, 7) is 4.10. The van der Waals surface area contributed by atoms with E-state index in [1.807, 2.05) is 4.90 Å². The number of carbonyl (C=O) groups excluding carboxylic acids is 3. The van der Waals surface area contributed by atoms with Gasteiger partial charge in [-0.2, -0.15) is 0 Å². The highest BCUT2D eigenvalue weighted by atomic mass is 16.5. The molecule has 1 aromatic rings. The van der Waals surface area contributed by atoms with E-state index in [4.69, 9.17) is 9.47 Å². The van der Waals surface area contributed by atoms with Gasteiger partial charge in [0.1, 0.15) is 23.6 Å². The maximum absolute atomic E-state index is 13.4. The standard InChI is InChI=1S/C23H31N3O5/c1-15-21(27)24(2)12-13-26(15)23(29)19-14-18(30-3)6-7-20(19)31-17-8-10-25(11-9-17)22(28)16-4-5-16/h6-7,14-17H,4-5,8-13H2,1-3H3/t15-/m0/s1. The first-order chi connectivity index (χ1) is 14.9. The van der Waals surface area contributed by atoms with E-state index in [9.17, 15) is 14.4 Å². The van der Waals surface area contributed by atoms with Gasteiger partial charge in [0.2, 0.25) is 11.8 Å². The number of piperidine rings is 1. The molecule has 0 bridgehead atoms. The molecule has 0 N–H and O–H groups in total. The van der Waals surface area contributed by atoms with Crippen LogP contribution >= 0.6 is 0 Å². The summed E-state index contributed by atoms with van der Waals surface area (Å²) in [5.74, 6) is 1.26. The SMILES string of the molecule is COc1ccc(OC2CCN(C(=O)C3CC3)CC2)c(C(=O)N2CCN(C)C(=O)[C@@H]2C)c1. The fraction of sp³-hybridized carbons (Fsp3) is 0.609. The predicted octanol–water partition coefficient (Wildman–Crippen LogP) is 1.78. The van der Waals surface area contributed by atoms with Gasteiger partial charge >= 0.3 is 0 Å². The van der Waals surface area contributed by atoms with Crippen LogP contribution in [-0.2, 0) is 9.59 Å². The van der Waals surface area contributed by atoms with Crippen molar-refractivity contribution in [1.82, 2.24) is 14.7 Å². The zero-order chi connectivity index (χ0) is 22.1. The number of methoxy groups -OCH3 is 1. The molecule has 8 heteroatoms. The molecule has 1 saturated carbocycles. The van der Waals surface area contributed by atoms with Crippen LogP contribution in [0.4, 0.5) is 0 Å². The molecule has 2 aliphatic heterocycles. The largest absolute Gasteiger partial charge is 0.497 e. The summed E-state index contributed by atoms with van der Waals surface area (Å²) in [4.78, 5) is 43.2. The minimum absolute atomic E-state index is 0.0604. The lowest BCUT2D eigenvalue weighted by Crippen LogP contribution is -2.56. The molecule has 0 aromatic heterocycles. The van der Waals surface area contributed by atoms with Gasteiger partial charge in [0.05, 0.1) is 12.7 Å². The van der Waals surface area contributed by atoms with E-state index in [-0.39, 0.29) is 29.7 Å². The second-order valence-electron chi connectivity index (χ2n) is 8.71. The average Bonchev–Trinajstić information content (AvgIpc) is 3.63. The summed E-state index contributed by atoms with van der Waals surface area (Å²) >= 11 is 0. The van der Waals surface area contributed by atoms with E-state index in [1.54, 1.807) is 49.1 Å². The van der Waals surface area contributed by atoms with Gasteiger partial charge in [-0.25, -0.2) is 0 Å². The highest BCUT2D eigenvalue weighted by Crippen LogP contribution is 2.33. The number of carbonyl (C=O) groups is 3. The summed E-state index contributed by atoms with van der Waals surface area (Å²) in [6, 6.07) is 4.69. The van der Waals surface area contributed by atoms with Crippen molar-refractivity contribution in [3.63, 3.8) is 0 Å². The summed E-state index contributed by atoms with van der Waals surface area (Å²) in [6.07, 6.45) is 3.44. The number of hydrogen-bond donors (Lipinski definition) is 0. The maximum Gasteiger partial charge on any atom is 0.258 e. The number of likely N-dealkylation sites (tertiary alicyclic amines) is 1. The van der Waals surface area contributed by atoms with Crippen LogP contribution in [0.25, 0.3) is 0 Å². The van der Waals surface area contributed by atoms with Crippen molar-refractivity contribution in [1.29, 1.82) is 0 Å². The lowest BCUT2D eigenvalue weighted by molar-refractivity contribution is -0.138. The van der Waals surface area contributed by atoms with Crippen LogP contribution in [0.2, 0.25) is 0 Å². The molecule has 8 nitrogen and oxygen atoms in total. The van der Waals surface area contributed by atoms with Gasteiger partial charge in [0.25, 0.3) is 5.91 Å². The van der Waals surface area contributed by atoms with E-state index in [0.29, 0.717) is 43.2 Å². The van der Waals surface area contributed by atoms with E-state index < -0.39 is 6.04 Å². The predicted molar refractivity (Wildman–Crippen MR) is 114 cm³/mol. The number of hydrogen-bond acceptors (Lipinski definition) is 5. The number of nitrogens with zero attached hydrogens (tertiary/aromatic N) is 3. The molecule has 0 radical (unpaired) electrons. The monoisotopic (exact) mass is 429 g/mol. The second kappa shape index (κ2) is 8.77. The highest BCUT2D eigenvalue weighted by molar-refractivity contribution is 6.00. The Hall–Kier alpha value is -2.77. The van der Waals surface area contributed by atoms with Crippen molar-refractivity contribution in [3.8, 4) is 11.5 Å². The van der Waals surface area contributed by atoms with Gasteiger partial charge in [-0.1, -0.05) is 0 Å². The third kappa shape index (κ3) is 4.48. The number of piperazine rings is 1. The van der Waals surface area contributed by atoms with Gasteiger partial charge < -0.3 is 24.2 Å². The molecule has 31 heavy (non-hydrogen) atoms. The Morgan fingerprint density at radius 1 is 1.03 bits per heavy atom. The topological polar surface area (TPSA) is 79.4 Å². The van der Waals surface area contributed by atoms with Crippen LogP contribution in [-0.4, -0.2) is 84.9 Å². The Bertz CT molecular complexity index is 861. The average molecular weight is 430 g/mol. The number of ether oxygens (including phenoxy) is 2. The molecular weight excluding hydrogens is 398 g/mol. The van der Waals surface area contributed by atoms with Gasteiger partial charge in [-0.15, -0.1) is 0 Å². The van der Waals surface area contributed by atoms with Crippen LogP contribution in [0.3, 0.4) is 0 Å². The van der Waals surface area contributed by atoms with Crippen LogP contribution in [0.15, 0.2) is 18.2 Å². The minimum Gasteiger partial charge on any atom is -0.497 e. The number of likely N-dealkylation sites (N-methyl/N-ethyl adjacent to an activating group) is 1. The minimum atomic E-state index is -0.526. The first-order valence-corrected chi connectivity index (χ1v) is 11.1. The van der Waals surface area contributed by atoms with Crippen LogP contribution in [0.1, 0.15) is 43.0 Å². The Morgan fingerprint density at radius 3 is 2.39 bits per heavy atom. The Kier molecular flexibility index (Phi) is 6.07. The number of benzene rings is 1. The molecule has 3 aliphatic rings. The van der Waals surface area contributed by atoms with Crippen molar-refractivity contribution in [2.24, 2.45) is 5.92 Å². The van der Waals surface area contributed by atoms with Crippen LogP contribution < -0.4 is 9.47 Å². The first-order valence-electron chi connectivity index (χ1n) is 11.1. The molecule has 1 atom stereocenters. The number of amides is 3. The lowest BCUT2D eigenvalue weighted by atomic mass is 10.1. The zero-order valence-electron chi connectivity index (χ0n) is 18.5. The van der Waals surface area contributed by atoms with Gasteiger partial charge in [-0.3, -0.25) is 14.4 Å². The van der Waals surface area contributed by atoms with Crippen molar-refractivity contribution in [3.05, 3.63) is 23.8 Å². The smallest absolute Gasteiger partial charge is 0.258 e. The second-order valence-corrected chi connectivity index (χ2v) is 8.71. The summed E-state index contributed by atoms with van der Waals surface area (Å²) in [5, 5.41) is 0. The molecule has 168 valence electrons. The van der Waals surface area contributed by atoms with E-state index >= 15 is 0 Å². The summed E-state index contributed by atoms with van der Waals surface area (Å²) in [7, 11) is 3.31. The molecule has 2 heterocycles. The van der Waals surface area contributed by atoms with Crippen LogP contribution in [0, 0.1) is 5.92 Å². The first kappa shape index (κ1) is 21.5. The molecule has 0 spiro atoms. The molecule has 1 aliphatic carbocycles. The van der Waals surface area contributed by atoms with Crippen molar-refractivity contribution in [2.45, 2.75) is 44.8 Å². The highest BCUT2D eigenvalue weighted by Gasteiger charge is 2.36. The summed E-state index contributed by atoms with van der Waals surface area (Å²) < 4.78 is 11.6. The van der Waals surface area contributed by atoms with E-state index in [2.05, 4.69) is 0 Å². The molecule has 0 unspecified atom stereocenters. The molecule has 3 amide bonds. The third-order valence-electron chi connectivity index (χ3n) is 6.53. The van der Waals surface area contributed by atoms with Gasteiger partial charge in [0, 0.05) is 52.0 Å². The zero-order valence-corrected chi connectivity index (χ0v) is 18.5. The Balaban J connectivity index is 1.48. The Morgan fingerprint density at radius 2 is 1.74 bits per heavy atom. The van der Waals surface area contributed by atoms with Gasteiger partial charge in [-0.05, 0) is 38.0 Å². The van der Waals surface area contributed by atoms with Crippen molar-refractivity contribution >= 4 is 17.7 Å². The van der Waals surface area contributed by atoms with Crippen molar-refractivity contribution in [2.75, 3.05) is 40.3 Å². The number of rotatable bonds is 5. The normalized spacial score (nSPS) is 22.5. The lowest BCUT2D eigenvalue weighted by Gasteiger charge is -2.38. The molecule has 4 rings (SSSR count). The summed E-state index contributed by atoms with van der Waals surface area (Å²) in [5.41, 5.74) is 0.403. The van der Waals surface area contributed by atoms with E-state index in [0.717, 1.165) is 25.7 Å². The fourth-order valence-corrected chi connectivity index (χ4v) is 4.31. The fourth-order valence-electron chi connectivity index (χ4n) is 4.31.